The average Bonchev–Trinajstić information content (AvgIpc) is 2.80. The van der Waals surface area contributed by atoms with Crippen LogP contribution in [0.15, 0.2) is 42.5 Å². The minimum atomic E-state index is -0.547. The van der Waals surface area contributed by atoms with E-state index in [0.29, 0.717) is 47.5 Å². The van der Waals surface area contributed by atoms with Crippen molar-refractivity contribution in [2.24, 2.45) is 0 Å². The van der Waals surface area contributed by atoms with Crippen LogP contribution in [-0.4, -0.2) is 68.6 Å². The molecule has 172 valence electrons. The SMILES string of the molecule is COC(=O)C(c1ccccc1Cl)N1CCN(CCC(=O)Nc2cc(Cl)ccc2OC)CC1. The molecule has 32 heavy (non-hydrogen) atoms. The minimum absolute atomic E-state index is 0.114. The molecular formula is C23H27Cl2N3O4. The number of amides is 1. The third-order valence-electron chi connectivity index (χ3n) is 5.49. The molecule has 0 radical (unpaired) electrons. The zero-order valence-electron chi connectivity index (χ0n) is 18.1. The Morgan fingerprint density at radius 3 is 2.44 bits per heavy atom. The quantitative estimate of drug-likeness (QED) is 0.579. The van der Waals surface area contributed by atoms with E-state index in [9.17, 15) is 9.59 Å². The molecule has 1 atom stereocenters. The number of anilines is 1. The van der Waals surface area contributed by atoms with Crippen molar-refractivity contribution in [1.29, 1.82) is 0 Å². The fourth-order valence-electron chi connectivity index (χ4n) is 3.78. The Labute approximate surface area is 198 Å². The molecule has 0 saturated carbocycles. The van der Waals surface area contributed by atoms with Crippen molar-refractivity contribution < 1.29 is 19.1 Å². The Morgan fingerprint density at radius 2 is 1.78 bits per heavy atom. The largest absolute Gasteiger partial charge is 0.495 e. The average molecular weight is 480 g/mol. The van der Waals surface area contributed by atoms with Gasteiger partial charge in [0.15, 0.2) is 0 Å². The van der Waals surface area contributed by atoms with E-state index in [2.05, 4.69) is 15.1 Å². The maximum atomic E-state index is 12.5. The number of nitrogens with zero attached hydrogens (tertiary/aromatic N) is 2. The van der Waals surface area contributed by atoms with Crippen molar-refractivity contribution in [2.45, 2.75) is 12.5 Å². The molecule has 0 bridgehead atoms. The normalized spacial score (nSPS) is 15.8. The van der Waals surface area contributed by atoms with Gasteiger partial charge < -0.3 is 19.7 Å². The van der Waals surface area contributed by atoms with Crippen LogP contribution in [0.5, 0.6) is 5.75 Å². The molecule has 1 aliphatic heterocycles. The monoisotopic (exact) mass is 479 g/mol. The summed E-state index contributed by atoms with van der Waals surface area (Å²) in [5.74, 6) is 0.114. The highest BCUT2D eigenvalue weighted by Gasteiger charge is 2.32. The second-order valence-corrected chi connectivity index (χ2v) is 8.31. The van der Waals surface area contributed by atoms with Crippen LogP contribution < -0.4 is 10.1 Å². The van der Waals surface area contributed by atoms with E-state index in [4.69, 9.17) is 32.7 Å². The van der Waals surface area contributed by atoms with Crippen molar-refractivity contribution in [3.63, 3.8) is 0 Å². The lowest BCUT2D eigenvalue weighted by Crippen LogP contribution is -2.49. The van der Waals surface area contributed by atoms with E-state index in [0.717, 1.165) is 18.7 Å². The van der Waals surface area contributed by atoms with Crippen LogP contribution in [0.25, 0.3) is 0 Å². The van der Waals surface area contributed by atoms with Crippen LogP contribution >= 0.6 is 23.2 Å². The fourth-order valence-corrected chi connectivity index (χ4v) is 4.19. The Bertz CT molecular complexity index is 949. The first-order valence-electron chi connectivity index (χ1n) is 10.3. The number of halogens is 2. The first kappa shape index (κ1) is 24.3. The molecule has 3 rings (SSSR count). The molecule has 1 N–H and O–H groups in total. The maximum absolute atomic E-state index is 12.5. The lowest BCUT2D eigenvalue weighted by molar-refractivity contribution is -0.148. The second-order valence-electron chi connectivity index (χ2n) is 7.47. The van der Waals surface area contributed by atoms with Crippen LogP contribution in [0.4, 0.5) is 5.69 Å². The van der Waals surface area contributed by atoms with Gasteiger partial charge in [0.1, 0.15) is 11.8 Å². The predicted octanol–water partition coefficient (Wildman–Crippen LogP) is 3.86. The molecule has 1 fully saturated rings. The summed E-state index contributed by atoms with van der Waals surface area (Å²) in [6.07, 6.45) is 0.334. The maximum Gasteiger partial charge on any atom is 0.327 e. The summed E-state index contributed by atoms with van der Waals surface area (Å²) >= 11 is 12.4. The number of hydrogen-bond donors (Lipinski definition) is 1. The predicted molar refractivity (Wildman–Crippen MR) is 125 cm³/mol. The zero-order valence-corrected chi connectivity index (χ0v) is 19.7. The van der Waals surface area contributed by atoms with Crippen molar-refractivity contribution in [2.75, 3.05) is 52.3 Å². The van der Waals surface area contributed by atoms with Gasteiger partial charge in [-0.15, -0.1) is 0 Å². The number of esters is 1. The van der Waals surface area contributed by atoms with Crippen LogP contribution in [0.2, 0.25) is 10.0 Å². The zero-order chi connectivity index (χ0) is 23.1. The van der Waals surface area contributed by atoms with Gasteiger partial charge in [0, 0.05) is 49.2 Å². The smallest absolute Gasteiger partial charge is 0.327 e. The molecule has 1 heterocycles. The second kappa shape index (κ2) is 11.5. The molecule has 2 aromatic rings. The summed E-state index contributed by atoms with van der Waals surface area (Å²) in [5, 5.41) is 3.92. The Kier molecular flexibility index (Phi) is 8.75. The lowest BCUT2D eigenvalue weighted by atomic mass is 10.0. The molecule has 0 aliphatic carbocycles. The highest BCUT2D eigenvalue weighted by Crippen LogP contribution is 2.30. The standard InChI is InChI=1S/C23H27Cl2N3O4/c1-31-20-8-7-16(24)15-19(20)26-21(29)9-10-27-11-13-28(14-12-27)22(23(30)32-2)17-5-3-4-6-18(17)25/h3-8,15,22H,9-14H2,1-2H3,(H,26,29). The summed E-state index contributed by atoms with van der Waals surface area (Å²) in [4.78, 5) is 29.2. The van der Waals surface area contributed by atoms with Gasteiger partial charge in [-0.1, -0.05) is 41.4 Å². The van der Waals surface area contributed by atoms with Gasteiger partial charge in [-0.3, -0.25) is 9.69 Å². The first-order valence-corrected chi connectivity index (χ1v) is 11.1. The fraction of sp³-hybridized carbons (Fsp3) is 0.391. The minimum Gasteiger partial charge on any atom is -0.495 e. The van der Waals surface area contributed by atoms with Crippen molar-refractivity contribution >= 4 is 40.8 Å². The molecule has 0 spiro atoms. The third kappa shape index (κ3) is 6.13. The Balaban J connectivity index is 1.54. The summed E-state index contributed by atoms with van der Waals surface area (Å²) in [5.41, 5.74) is 1.29. The number of piperazine rings is 1. The van der Waals surface area contributed by atoms with Gasteiger partial charge in [0.2, 0.25) is 5.91 Å². The highest BCUT2D eigenvalue weighted by molar-refractivity contribution is 6.31. The molecular weight excluding hydrogens is 453 g/mol. The van der Waals surface area contributed by atoms with Crippen molar-refractivity contribution in [3.05, 3.63) is 58.1 Å². The summed E-state index contributed by atoms with van der Waals surface area (Å²) < 4.78 is 10.3. The number of carbonyl (C=O) groups is 2. The molecule has 2 aromatic carbocycles. The van der Waals surface area contributed by atoms with E-state index in [1.165, 1.54) is 7.11 Å². The number of ether oxygens (including phenoxy) is 2. The van der Waals surface area contributed by atoms with Crippen LogP contribution in [0.1, 0.15) is 18.0 Å². The van der Waals surface area contributed by atoms with E-state index in [1.54, 1.807) is 31.4 Å². The van der Waals surface area contributed by atoms with Gasteiger partial charge in [-0.2, -0.15) is 0 Å². The molecule has 1 aliphatic rings. The van der Waals surface area contributed by atoms with Gasteiger partial charge in [-0.05, 0) is 29.8 Å². The number of hydrogen-bond acceptors (Lipinski definition) is 6. The van der Waals surface area contributed by atoms with Crippen molar-refractivity contribution in [3.8, 4) is 5.75 Å². The number of methoxy groups -OCH3 is 2. The number of benzene rings is 2. The Morgan fingerprint density at radius 1 is 1.06 bits per heavy atom. The van der Waals surface area contributed by atoms with E-state index >= 15 is 0 Å². The van der Waals surface area contributed by atoms with Gasteiger partial charge in [0.05, 0.1) is 19.9 Å². The topological polar surface area (TPSA) is 71.1 Å². The van der Waals surface area contributed by atoms with Gasteiger partial charge in [-0.25, -0.2) is 4.79 Å². The molecule has 1 saturated heterocycles. The van der Waals surface area contributed by atoms with Crippen LogP contribution in [-0.2, 0) is 14.3 Å². The summed E-state index contributed by atoms with van der Waals surface area (Å²) in [6.45, 7) is 3.39. The highest BCUT2D eigenvalue weighted by atomic mass is 35.5. The van der Waals surface area contributed by atoms with E-state index in [1.807, 2.05) is 18.2 Å². The molecule has 9 heteroatoms. The number of rotatable bonds is 8. The van der Waals surface area contributed by atoms with Crippen molar-refractivity contribution in [1.82, 2.24) is 9.80 Å². The van der Waals surface area contributed by atoms with Crippen LogP contribution in [0, 0.1) is 0 Å². The molecule has 1 amide bonds. The lowest BCUT2D eigenvalue weighted by Gasteiger charge is -2.38. The van der Waals surface area contributed by atoms with Gasteiger partial charge >= 0.3 is 5.97 Å². The van der Waals surface area contributed by atoms with E-state index in [-0.39, 0.29) is 11.9 Å². The summed E-state index contributed by atoms with van der Waals surface area (Å²) in [6, 6.07) is 11.9. The number of nitrogens with one attached hydrogen (secondary N) is 1. The molecule has 1 unspecified atom stereocenters. The Hall–Kier alpha value is -2.32. The van der Waals surface area contributed by atoms with E-state index < -0.39 is 6.04 Å². The molecule has 7 nitrogen and oxygen atoms in total. The summed E-state index contributed by atoms with van der Waals surface area (Å²) in [7, 11) is 2.93. The first-order chi connectivity index (χ1) is 15.4. The third-order valence-corrected chi connectivity index (χ3v) is 6.07. The number of carbonyl (C=O) groups excluding carboxylic acids is 2. The van der Waals surface area contributed by atoms with Crippen LogP contribution in [0.3, 0.4) is 0 Å². The van der Waals surface area contributed by atoms with Gasteiger partial charge in [0.25, 0.3) is 0 Å². The molecule has 0 aromatic heterocycles.